The van der Waals surface area contributed by atoms with Gasteiger partial charge in [-0.05, 0) is 6.07 Å². The Labute approximate surface area is 112 Å². The number of nitrogens with zero attached hydrogens (tertiary/aromatic N) is 2. The van der Waals surface area contributed by atoms with E-state index in [1.54, 1.807) is 6.20 Å². The molecule has 6 N–H and O–H groups in total. The lowest BCUT2D eigenvalue weighted by Crippen LogP contribution is -2.27. The van der Waals surface area contributed by atoms with Crippen molar-refractivity contribution in [3.63, 3.8) is 0 Å². The number of aromatic nitrogens is 2. The number of carbonyl (C=O) groups is 1. The monoisotopic (exact) mass is 285 g/mol. The first-order valence-electron chi connectivity index (χ1n) is 5.30. The van der Waals surface area contributed by atoms with Gasteiger partial charge in [-0.3, -0.25) is 14.4 Å². The number of hydroxylamine groups is 1. The number of aliphatic hydroxyl groups excluding tert-OH is 1. The first-order chi connectivity index (χ1) is 9.06. The van der Waals surface area contributed by atoms with Crippen LogP contribution in [-0.2, 0) is 11.4 Å². The van der Waals surface area contributed by atoms with Gasteiger partial charge in [0.2, 0.25) is 0 Å². The Morgan fingerprint density at radius 1 is 1.58 bits per heavy atom. The van der Waals surface area contributed by atoms with Crippen LogP contribution in [0.5, 0.6) is 0 Å². The third-order valence-corrected chi connectivity index (χ3v) is 2.68. The molecule has 0 aromatic carbocycles. The Kier molecular flexibility index (Phi) is 3.74. The molecule has 2 heterocycles. The van der Waals surface area contributed by atoms with Gasteiger partial charge < -0.3 is 16.2 Å². The summed E-state index contributed by atoms with van der Waals surface area (Å²) in [5.41, 5.74) is 8.36. The van der Waals surface area contributed by atoms with Crippen molar-refractivity contribution in [1.29, 1.82) is 0 Å². The highest BCUT2D eigenvalue weighted by molar-refractivity contribution is 6.30. The molecule has 0 saturated carbocycles. The number of halogens is 1. The fourth-order valence-electron chi connectivity index (χ4n) is 1.68. The van der Waals surface area contributed by atoms with E-state index in [9.17, 15) is 9.90 Å². The number of aliphatic hydroxyl groups is 1. The van der Waals surface area contributed by atoms with Gasteiger partial charge in [0.25, 0.3) is 5.91 Å². The molecule has 0 aliphatic heterocycles. The van der Waals surface area contributed by atoms with Gasteiger partial charge in [0.05, 0.1) is 23.9 Å². The van der Waals surface area contributed by atoms with E-state index < -0.39 is 5.91 Å². The zero-order chi connectivity index (χ0) is 14.0. The summed E-state index contributed by atoms with van der Waals surface area (Å²) in [5.74, 6) is -0.246. The second-order valence-corrected chi connectivity index (χ2v) is 4.20. The van der Waals surface area contributed by atoms with Crippen LogP contribution in [0.1, 0.15) is 5.69 Å². The Bertz CT molecular complexity index is 627. The summed E-state index contributed by atoms with van der Waals surface area (Å²) >= 11 is 5.90. The van der Waals surface area contributed by atoms with E-state index in [4.69, 9.17) is 22.5 Å². The van der Waals surface area contributed by atoms with Crippen LogP contribution >= 0.6 is 11.6 Å². The first kappa shape index (κ1) is 13.4. The molecule has 0 fully saturated rings. The Morgan fingerprint density at radius 2 is 2.32 bits per heavy atom. The maximum absolute atomic E-state index is 11.0. The molecule has 19 heavy (non-hydrogen) atoms. The van der Waals surface area contributed by atoms with E-state index in [0.29, 0.717) is 27.9 Å². The highest BCUT2D eigenvalue weighted by atomic mass is 35.5. The Morgan fingerprint density at radius 3 is 2.95 bits per heavy atom. The molecule has 0 radical (unpaired) electrons. The summed E-state index contributed by atoms with van der Waals surface area (Å²) < 4.78 is 1.54. The minimum atomic E-state index is -0.631. The number of nitrogens with one attached hydrogen (secondary N) is 2. The number of rotatable bonds is 4. The molecule has 0 unspecified atom stereocenters. The number of nitrogens with two attached hydrogens (primary N) is 1. The van der Waals surface area contributed by atoms with Crippen LogP contribution in [0.2, 0.25) is 5.02 Å². The molecule has 2 aromatic heterocycles. The number of hydrogen-bond acceptors (Lipinski definition) is 6. The van der Waals surface area contributed by atoms with E-state index in [1.165, 1.54) is 15.9 Å². The molecule has 0 aliphatic rings. The SMILES string of the molecule is Nc1cc(Cl)cn2c(NCC(=O)NO)c(CO)nc12. The summed E-state index contributed by atoms with van der Waals surface area (Å²) in [6, 6.07) is 1.54. The molecule has 102 valence electrons. The number of fused-ring (bicyclic) bond motifs is 1. The maximum atomic E-state index is 11.0. The molecule has 0 bridgehead atoms. The predicted molar refractivity (Wildman–Crippen MR) is 69.0 cm³/mol. The molecule has 1 amide bonds. The van der Waals surface area contributed by atoms with Gasteiger partial charge in [0.15, 0.2) is 5.65 Å². The third-order valence-electron chi connectivity index (χ3n) is 2.48. The highest BCUT2D eigenvalue weighted by Crippen LogP contribution is 2.25. The van der Waals surface area contributed by atoms with Gasteiger partial charge in [0.1, 0.15) is 11.5 Å². The summed E-state index contributed by atoms with van der Waals surface area (Å²) in [6.07, 6.45) is 1.55. The predicted octanol–water partition coefficient (Wildman–Crippen LogP) is -0.0205. The number of nitrogen functional groups attached to an aromatic ring is 1. The second-order valence-electron chi connectivity index (χ2n) is 3.76. The van der Waals surface area contributed by atoms with Crippen LogP contribution in [0.3, 0.4) is 0 Å². The fourth-order valence-corrected chi connectivity index (χ4v) is 1.90. The quantitative estimate of drug-likeness (QED) is 0.397. The van der Waals surface area contributed by atoms with Gasteiger partial charge >= 0.3 is 0 Å². The third kappa shape index (κ3) is 2.55. The van der Waals surface area contributed by atoms with Crippen LogP contribution < -0.4 is 16.5 Å². The van der Waals surface area contributed by atoms with E-state index in [1.807, 2.05) is 0 Å². The highest BCUT2D eigenvalue weighted by Gasteiger charge is 2.14. The topological polar surface area (TPSA) is 125 Å². The van der Waals surface area contributed by atoms with Crippen molar-refractivity contribution in [2.45, 2.75) is 6.61 Å². The van der Waals surface area contributed by atoms with Crippen LogP contribution in [0, 0.1) is 0 Å². The van der Waals surface area contributed by atoms with Gasteiger partial charge in [-0.1, -0.05) is 11.6 Å². The lowest BCUT2D eigenvalue weighted by atomic mass is 10.4. The van der Waals surface area contributed by atoms with E-state index in [-0.39, 0.29) is 13.2 Å². The summed E-state index contributed by atoms with van der Waals surface area (Å²) in [6.45, 7) is -0.522. The van der Waals surface area contributed by atoms with Gasteiger partial charge in [-0.25, -0.2) is 10.5 Å². The number of hydrogen-bond donors (Lipinski definition) is 5. The summed E-state index contributed by atoms with van der Waals surface area (Å²) in [5, 5.41) is 20.8. The largest absolute Gasteiger partial charge is 0.396 e. The average molecular weight is 286 g/mol. The molecule has 2 rings (SSSR count). The zero-order valence-corrected chi connectivity index (χ0v) is 10.5. The number of pyridine rings is 1. The molecule has 9 heteroatoms. The molecule has 2 aromatic rings. The Balaban J connectivity index is 2.47. The Hall–Kier alpha value is -2.03. The maximum Gasteiger partial charge on any atom is 0.262 e. The number of anilines is 2. The van der Waals surface area contributed by atoms with Crippen molar-refractivity contribution < 1.29 is 15.1 Å². The minimum absolute atomic E-state index is 0.191. The van der Waals surface area contributed by atoms with Crippen molar-refractivity contribution >= 4 is 34.7 Å². The van der Waals surface area contributed by atoms with Crippen molar-refractivity contribution in [2.24, 2.45) is 0 Å². The number of amides is 1. The van der Waals surface area contributed by atoms with Crippen LogP contribution in [0.25, 0.3) is 5.65 Å². The fraction of sp³-hybridized carbons (Fsp3) is 0.200. The lowest BCUT2D eigenvalue weighted by molar-refractivity contribution is -0.127. The van der Waals surface area contributed by atoms with Crippen molar-refractivity contribution in [3.8, 4) is 0 Å². The average Bonchev–Trinajstić information content (AvgIpc) is 2.74. The number of imidazole rings is 1. The molecule has 0 saturated heterocycles. The normalized spacial score (nSPS) is 10.7. The molecular formula is C10H12ClN5O3. The van der Waals surface area contributed by atoms with Crippen LogP contribution in [-0.4, -0.2) is 32.2 Å². The molecule has 0 atom stereocenters. The van der Waals surface area contributed by atoms with Crippen molar-refractivity contribution in [3.05, 3.63) is 23.0 Å². The van der Waals surface area contributed by atoms with Gasteiger partial charge in [0, 0.05) is 6.20 Å². The van der Waals surface area contributed by atoms with Crippen molar-refractivity contribution in [2.75, 3.05) is 17.6 Å². The smallest absolute Gasteiger partial charge is 0.262 e. The standard InChI is InChI=1S/C10H12ClN5O3/c11-5-1-6(12)9-14-7(4-17)10(16(9)3-5)13-2-8(18)15-19/h1,3,13,17,19H,2,4,12H2,(H,15,18). The first-order valence-corrected chi connectivity index (χ1v) is 5.68. The molecule has 0 aliphatic carbocycles. The summed E-state index contributed by atoms with van der Waals surface area (Å²) in [7, 11) is 0. The summed E-state index contributed by atoms with van der Waals surface area (Å²) in [4.78, 5) is 15.2. The van der Waals surface area contributed by atoms with Crippen LogP contribution in [0.4, 0.5) is 11.5 Å². The molecule has 0 spiro atoms. The van der Waals surface area contributed by atoms with Gasteiger partial charge in [-0.15, -0.1) is 0 Å². The second kappa shape index (κ2) is 5.31. The minimum Gasteiger partial charge on any atom is -0.396 e. The molecule has 8 nitrogen and oxygen atoms in total. The van der Waals surface area contributed by atoms with E-state index in [0.717, 1.165) is 0 Å². The lowest BCUT2D eigenvalue weighted by Gasteiger charge is -2.07. The van der Waals surface area contributed by atoms with Crippen molar-refractivity contribution in [1.82, 2.24) is 14.9 Å². The molecular weight excluding hydrogens is 274 g/mol. The van der Waals surface area contributed by atoms with E-state index in [2.05, 4.69) is 10.3 Å². The number of carbonyl (C=O) groups excluding carboxylic acids is 1. The van der Waals surface area contributed by atoms with Gasteiger partial charge in [-0.2, -0.15) is 0 Å². The van der Waals surface area contributed by atoms with E-state index >= 15 is 0 Å². The van der Waals surface area contributed by atoms with Crippen LogP contribution in [0.15, 0.2) is 12.3 Å². The zero-order valence-electron chi connectivity index (χ0n) is 9.72.